The molecule has 0 unspecified atom stereocenters. The quantitative estimate of drug-likeness (QED) is 0.313. The van der Waals surface area contributed by atoms with Gasteiger partial charge in [0, 0.05) is 5.56 Å². The number of hydrogen-bond acceptors (Lipinski definition) is 4. The molecule has 1 N–H and O–H groups in total. The molecule has 0 saturated carbocycles. The molecule has 0 bridgehead atoms. The van der Waals surface area contributed by atoms with Gasteiger partial charge in [-0.2, -0.15) is 0 Å². The number of carbonyl (C=O) groups is 2. The van der Waals surface area contributed by atoms with E-state index in [-0.39, 0.29) is 16.8 Å². The van der Waals surface area contributed by atoms with Gasteiger partial charge in [-0.25, -0.2) is 0 Å². The minimum absolute atomic E-state index is 0.00827. The third-order valence-corrected chi connectivity index (χ3v) is 6.10. The fraction of sp³-hybridized carbons (Fsp3) is 0.222. The molecule has 1 aliphatic heterocycles. The molecule has 1 aliphatic rings. The van der Waals surface area contributed by atoms with Crippen molar-refractivity contribution in [2.24, 2.45) is 0 Å². The van der Waals surface area contributed by atoms with E-state index in [0.29, 0.717) is 17.0 Å². The normalized spacial score (nSPS) is 16.3. The monoisotopic (exact) mass is 458 g/mol. The summed E-state index contributed by atoms with van der Waals surface area (Å²) in [5.41, 5.74) is 3.32. The van der Waals surface area contributed by atoms with Gasteiger partial charge < -0.3 is 4.74 Å². The molecular formula is C27H26N2O3S. The fourth-order valence-corrected chi connectivity index (χ4v) is 4.18. The molecule has 1 atom stereocenters. The Bertz CT molecular complexity index is 1310. The van der Waals surface area contributed by atoms with E-state index in [4.69, 9.17) is 17.0 Å². The van der Waals surface area contributed by atoms with Crippen molar-refractivity contribution in [3.8, 4) is 5.75 Å². The molecular weight excluding hydrogens is 432 g/mol. The zero-order chi connectivity index (χ0) is 23.7. The van der Waals surface area contributed by atoms with Crippen molar-refractivity contribution in [2.75, 3.05) is 4.90 Å². The maximum Gasteiger partial charge on any atom is 0.270 e. The predicted octanol–water partition coefficient (Wildman–Crippen LogP) is 5.47. The third kappa shape index (κ3) is 4.39. The van der Waals surface area contributed by atoms with Gasteiger partial charge in [-0.3, -0.25) is 19.8 Å². The molecule has 168 valence electrons. The van der Waals surface area contributed by atoms with Crippen molar-refractivity contribution in [3.05, 3.63) is 76.9 Å². The SMILES string of the molecule is CC[C@H](C)Oc1ccc2ccccc2c1/C=C1\C(=O)NC(=S)N(c2ccc(C)cc2C)C1=O. The van der Waals surface area contributed by atoms with E-state index in [1.807, 2.05) is 82.3 Å². The lowest BCUT2D eigenvalue weighted by molar-refractivity contribution is -0.122. The minimum atomic E-state index is -0.520. The van der Waals surface area contributed by atoms with Crippen LogP contribution in [0.15, 0.2) is 60.2 Å². The maximum atomic E-state index is 13.6. The van der Waals surface area contributed by atoms with Crippen molar-refractivity contribution in [1.82, 2.24) is 5.32 Å². The van der Waals surface area contributed by atoms with E-state index >= 15 is 0 Å². The summed E-state index contributed by atoms with van der Waals surface area (Å²) in [5, 5.41) is 4.64. The first-order valence-corrected chi connectivity index (χ1v) is 11.4. The molecule has 33 heavy (non-hydrogen) atoms. The Morgan fingerprint density at radius 3 is 2.58 bits per heavy atom. The minimum Gasteiger partial charge on any atom is -0.490 e. The molecule has 0 aromatic heterocycles. The van der Waals surface area contributed by atoms with Crippen LogP contribution >= 0.6 is 12.2 Å². The lowest BCUT2D eigenvalue weighted by atomic mass is 9.99. The van der Waals surface area contributed by atoms with Gasteiger partial charge in [-0.15, -0.1) is 0 Å². The average Bonchev–Trinajstić information content (AvgIpc) is 2.78. The standard InChI is InChI=1S/C27H26N2O3S/c1-5-18(4)32-24-13-11-19-8-6-7-9-20(19)21(24)15-22-25(30)28-27(33)29(26(22)31)23-12-10-16(2)14-17(23)3/h6-15,18H,5H2,1-4H3,(H,28,30,33)/b22-15+/t18-/m0/s1. The second kappa shape index (κ2) is 9.16. The van der Waals surface area contributed by atoms with E-state index in [2.05, 4.69) is 5.32 Å². The summed E-state index contributed by atoms with van der Waals surface area (Å²) in [5.74, 6) is -0.353. The molecule has 1 saturated heterocycles. The highest BCUT2D eigenvalue weighted by atomic mass is 32.1. The van der Waals surface area contributed by atoms with Crippen molar-refractivity contribution >= 4 is 51.7 Å². The second-order valence-electron chi connectivity index (χ2n) is 8.28. The first-order chi connectivity index (χ1) is 15.8. The van der Waals surface area contributed by atoms with Crippen molar-refractivity contribution in [3.63, 3.8) is 0 Å². The number of fused-ring (bicyclic) bond motifs is 1. The van der Waals surface area contributed by atoms with Gasteiger partial charge in [0.05, 0.1) is 11.8 Å². The van der Waals surface area contributed by atoms with Gasteiger partial charge in [0.2, 0.25) is 0 Å². The number of rotatable bonds is 5. The van der Waals surface area contributed by atoms with Crippen LogP contribution in [-0.4, -0.2) is 23.0 Å². The smallest absolute Gasteiger partial charge is 0.270 e. The van der Waals surface area contributed by atoms with Crippen molar-refractivity contribution < 1.29 is 14.3 Å². The first-order valence-electron chi connectivity index (χ1n) is 11.0. The number of anilines is 1. The van der Waals surface area contributed by atoms with Gasteiger partial charge in [-0.05, 0) is 74.0 Å². The van der Waals surface area contributed by atoms with Crippen molar-refractivity contribution in [1.29, 1.82) is 0 Å². The Kier molecular flexibility index (Phi) is 6.29. The molecule has 0 spiro atoms. The number of ether oxygens (including phenoxy) is 1. The number of aryl methyl sites for hydroxylation is 2. The number of nitrogens with zero attached hydrogens (tertiary/aromatic N) is 1. The summed E-state index contributed by atoms with van der Waals surface area (Å²) in [6.45, 7) is 7.94. The molecule has 6 heteroatoms. The summed E-state index contributed by atoms with van der Waals surface area (Å²) in [6.07, 6.45) is 2.44. The van der Waals surface area contributed by atoms with Crippen molar-refractivity contribution in [2.45, 2.75) is 40.2 Å². The van der Waals surface area contributed by atoms with E-state index in [1.54, 1.807) is 6.08 Å². The average molecular weight is 459 g/mol. The molecule has 3 aromatic carbocycles. The molecule has 1 fully saturated rings. The second-order valence-corrected chi connectivity index (χ2v) is 8.67. The van der Waals surface area contributed by atoms with Crippen LogP contribution in [0.25, 0.3) is 16.8 Å². The molecule has 0 radical (unpaired) electrons. The fourth-order valence-electron chi connectivity index (χ4n) is 3.90. The van der Waals surface area contributed by atoms with Crippen LogP contribution in [0.3, 0.4) is 0 Å². The van der Waals surface area contributed by atoms with Gasteiger partial charge in [0.1, 0.15) is 11.3 Å². The zero-order valence-electron chi connectivity index (χ0n) is 19.1. The lowest BCUT2D eigenvalue weighted by Gasteiger charge is -2.30. The number of amides is 2. The Hall–Kier alpha value is -3.51. The van der Waals surface area contributed by atoms with Crippen LogP contribution in [-0.2, 0) is 9.59 Å². The number of thiocarbonyl (C=S) groups is 1. The highest BCUT2D eigenvalue weighted by molar-refractivity contribution is 7.80. The van der Waals surface area contributed by atoms with E-state index in [1.165, 1.54) is 4.90 Å². The third-order valence-electron chi connectivity index (χ3n) is 5.82. The van der Waals surface area contributed by atoms with Gasteiger partial charge >= 0.3 is 0 Å². The van der Waals surface area contributed by atoms with Crippen LogP contribution in [0, 0.1) is 13.8 Å². The highest BCUT2D eigenvalue weighted by Crippen LogP contribution is 2.33. The molecule has 5 nitrogen and oxygen atoms in total. The lowest BCUT2D eigenvalue weighted by Crippen LogP contribution is -2.54. The number of carbonyl (C=O) groups excluding carboxylic acids is 2. The van der Waals surface area contributed by atoms with Crippen LogP contribution in [0.2, 0.25) is 0 Å². The largest absolute Gasteiger partial charge is 0.490 e. The Labute approximate surface area is 199 Å². The molecule has 4 rings (SSSR count). The summed E-state index contributed by atoms with van der Waals surface area (Å²) in [6, 6.07) is 17.4. The topological polar surface area (TPSA) is 58.6 Å². The van der Waals surface area contributed by atoms with Crippen LogP contribution < -0.4 is 15.0 Å². The van der Waals surface area contributed by atoms with E-state index < -0.39 is 11.8 Å². The van der Waals surface area contributed by atoms with E-state index in [0.717, 1.165) is 28.3 Å². The van der Waals surface area contributed by atoms with Crippen LogP contribution in [0.4, 0.5) is 5.69 Å². The van der Waals surface area contributed by atoms with Gasteiger partial charge in [-0.1, -0.05) is 55.0 Å². The summed E-state index contributed by atoms with van der Waals surface area (Å²) in [4.78, 5) is 27.9. The summed E-state index contributed by atoms with van der Waals surface area (Å²) < 4.78 is 6.15. The summed E-state index contributed by atoms with van der Waals surface area (Å²) in [7, 11) is 0. The first kappa shape index (κ1) is 22.7. The van der Waals surface area contributed by atoms with Gasteiger partial charge in [0.25, 0.3) is 11.8 Å². The summed E-state index contributed by atoms with van der Waals surface area (Å²) >= 11 is 5.37. The molecule has 1 heterocycles. The maximum absolute atomic E-state index is 13.6. The Balaban J connectivity index is 1.87. The van der Waals surface area contributed by atoms with Crippen LogP contribution in [0.5, 0.6) is 5.75 Å². The molecule has 3 aromatic rings. The number of nitrogens with one attached hydrogen (secondary N) is 1. The number of hydrogen-bond donors (Lipinski definition) is 1. The van der Waals surface area contributed by atoms with Crippen LogP contribution in [0.1, 0.15) is 37.0 Å². The Morgan fingerprint density at radius 1 is 1.09 bits per heavy atom. The van der Waals surface area contributed by atoms with Gasteiger partial charge in [0.15, 0.2) is 5.11 Å². The predicted molar refractivity (Wildman–Crippen MR) is 136 cm³/mol. The van der Waals surface area contributed by atoms with E-state index in [9.17, 15) is 9.59 Å². The number of benzene rings is 3. The zero-order valence-corrected chi connectivity index (χ0v) is 20.0. The Morgan fingerprint density at radius 2 is 1.85 bits per heavy atom. The highest BCUT2D eigenvalue weighted by Gasteiger charge is 2.35. The molecule has 0 aliphatic carbocycles. The molecule has 2 amide bonds.